The minimum atomic E-state index is 0.988. The Hall–Kier alpha value is -4.89. The van der Waals surface area contributed by atoms with Crippen LogP contribution in [0.4, 0.5) is 0 Å². The summed E-state index contributed by atoms with van der Waals surface area (Å²) in [6.45, 7) is 0. The Morgan fingerprint density at radius 3 is 1.72 bits per heavy atom. The molecule has 0 aliphatic heterocycles. The predicted octanol–water partition coefficient (Wildman–Crippen LogP) is 8.40. The van der Waals surface area contributed by atoms with Crippen molar-refractivity contribution >= 4 is 49.1 Å². The van der Waals surface area contributed by atoms with E-state index in [0.717, 1.165) is 22.6 Å². The van der Waals surface area contributed by atoms with Crippen molar-refractivity contribution in [2.45, 2.75) is 0 Å². The lowest BCUT2D eigenvalue weighted by molar-refractivity contribution is 1.18. The van der Waals surface area contributed by atoms with Crippen LogP contribution in [0.2, 0.25) is 0 Å². The molecule has 0 aliphatic rings. The lowest BCUT2D eigenvalue weighted by atomic mass is 10.1. The van der Waals surface area contributed by atoms with E-state index in [0.29, 0.717) is 0 Å². The molecule has 3 heterocycles. The molecule has 8 rings (SSSR count). The third-order valence-electron chi connectivity index (χ3n) is 7.35. The molecule has 5 aromatic carbocycles. The van der Waals surface area contributed by atoms with Crippen molar-refractivity contribution in [2.24, 2.45) is 0 Å². The van der Waals surface area contributed by atoms with Gasteiger partial charge in [-0.05, 0) is 35.7 Å². The average Bonchev–Trinajstić information content (AvgIpc) is 3.54. The van der Waals surface area contributed by atoms with Crippen molar-refractivity contribution in [1.29, 1.82) is 0 Å². The van der Waals surface area contributed by atoms with Crippen LogP contribution in [0.5, 0.6) is 0 Å². The molecular formula is C33H21N3. The minimum Gasteiger partial charge on any atom is -0.309 e. The SMILES string of the molecule is c1cc(-c2cnc3c4ccccc4c4ccccc4n23)cc(-n2c3ccccc3c3ccccc32)c1. The Bertz CT molecular complexity index is 2060. The van der Waals surface area contributed by atoms with Crippen LogP contribution in [-0.2, 0) is 0 Å². The van der Waals surface area contributed by atoms with Gasteiger partial charge in [0.15, 0.2) is 0 Å². The van der Waals surface area contributed by atoms with Crippen molar-refractivity contribution in [3.05, 3.63) is 128 Å². The zero-order valence-corrected chi connectivity index (χ0v) is 19.5. The molecule has 0 saturated heterocycles. The van der Waals surface area contributed by atoms with Gasteiger partial charge in [0.1, 0.15) is 5.65 Å². The molecule has 0 radical (unpaired) electrons. The third-order valence-corrected chi connectivity index (χ3v) is 7.35. The number of imidazole rings is 1. The largest absolute Gasteiger partial charge is 0.309 e. The van der Waals surface area contributed by atoms with Crippen LogP contribution in [-0.4, -0.2) is 14.0 Å². The van der Waals surface area contributed by atoms with Crippen molar-refractivity contribution in [3.8, 4) is 16.9 Å². The molecule has 3 nitrogen and oxygen atoms in total. The number of fused-ring (bicyclic) bond motifs is 9. The zero-order chi connectivity index (χ0) is 23.6. The highest BCUT2D eigenvalue weighted by atomic mass is 15.0. The summed E-state index contributed by atoms with van der Waals surface area (Å²) in [5.74, 6) is 0. The zero-order valence-electron chi connectivity index (χ0n) is 19.5. The van der Waals surface area contributed by atoms with Gasteiger partial charge in [0.05, 0.1) is 28.4 Å². The molecule has 0 aliphatic carbocycles. The first-order valence-corrected chi connectivity index (χ1v) is 12.2. The van der Waals surface area contributed by atoms with E-state index < -0.39 is 0 Å². The summed E-state index contributed by atoms with van der Waals surface area (Å²) in [6.07, 6.45) is 2.01. The second-order valence-corrected chi connectivity index (χ2v) is 9.29. The number of pyridine rings is 1. The van der Waals surface area contributed by atoms with E-state index in [1.54, 1.807) is 0 Å². The van der Waals surface area contributed by atoms with Gasteiger partial charge < -0.3 is 4.57 Å². The van der Waals surface area contributed by atoms with Gasteiger partial charge in [-0.3, -0.25) is 4.40 Å². The Morgan fingerprint density at radius 1 is 0.472 bits per heavy atom. The Labute approximate surface area is 207 Å². The summed E-state index contributed by atoms with van der Waals surface area (Å²) in [5.41, 5.74) is 7.96. The van der Waals surface area contributed by atoms with Gasteiger partial charge in [-0.25, -0.2) is 4.98 Å². The molecule has 3 aromatic heterocycles. The van der Waals surface area contributed by atoms with E-state index >= 15 is 0 Å². The quantitative estimate of drug-likeness (QED) is 0.238. The molecule has 8 aromatic rings. The molecule has 0 spiro atoms. The third kappa shape index (κ3) is 2.60. The second kappa shape index (κ2) is 7.30. The Morgan fingerprint density at radius 2 is 1.03 bits per heavy atom. The molecule has 0 fully saturated rings. The first-order valence-electron chi connectivity index (χ1n) is 12.2. The van der Waals surface area contributed by atoms with Crippen LogP contribution in [0.3, 0.4) is 0 Å². The van der Waals surface area contributed by atoms with E-state index in [2.05, 4.69) is 130 Å². The lowest BCUT2D eigenvalue weighted by Crippen LogP contribution is -1.96. The highest BCUT2D eigenvalue weighted by molar-refractivity contribution is 6.12. The molecule has 0 atom stereocenters. The number of benzene rings is 5. The fourth-order valence-electron chi connectivity index (χ4n) is 5.80. The van der Waals surface area contributed by atoms with E-state index in [-0.39, 0.29) is 0 Å². The highest BCUT2D eigenvalue weighted by Gasteiger charge is 2.16. The molecule has 3 heteroatoms. The van der Waals surface area contributed by atoms with Gasteiger partial charge in [-0.1, -0.05) is 91.0 Å². The first kappa shape index (κ1) is 19.4. The number of para-hydroxylation sites is 3. The maximum Gasteiger partial charge on any atom is 0.145 e. The molecule has 0 bridgehead atoms. The highest BCUT2D eigenvalue weighted by Crippen LogP contribution is 2.35. The molecule has 0 saturated carbocycles. The Kier molecular flexibility index (Phi) is 3.94. The summed E-state index contributed by atoms with van der Waals surface area (Å²) in [6, 6.07) is 43.3. The van der Waals surface area contributed by atoms with Crippen LogP contribution in [0, 0.1) is 0 Å². The number of hydrogen-bond donors (Lipinski definition) is 0. The fraction of sp³-hybridized carbons (Fsp3) is 0. The summed E-state index contributed by atoms with van der Waals surface area (Å²) in [4.78, 5) is 4.92. The fourth-order valence-corrected chi connectivity index (χ4v) is 5.80. The first-order chi connectivity index (χ1) is 17.9. The number of aromatic nitrogens is 3. The van der Waals surface area contributed by atoms with Crippen LogP contribution >= 0.6 is 0 Å². The van der Waals surface area contributed by atoms with E-state index in [4.69, 9.17) is 4.98 Å². The Balaban J connectivity index is 1.44. The van der Waals surface area contributed by atoms with Crippen LogP contribution in [0.1, 0.15) is 0 Å². The molecule has 0 N–H and O–H groups in total. The van der Waals surface area contributed by atoms with Gasteiger partial charge in [0, 0.05) is 32.8 Å². The van der Waals surface area contributed by atoms with Gasteiger partial charge >= 0.3 is 0 Å². The van der Waals surface area contributed by atoms with Crippen LogP contribution in [0.15, 0.2) is 128 Å². The lowest BCUT2D eigenvalue weighted by Gasteiger charge is -2.12. The normalized spacial score (nSPS) is 11.9. The van der Waals surface area contributed by atoms with Crippen molar-refractivity contribution in [2.75, 3.05) is 0 Å². The van der Waals surface area contributed by atoms with Crippen molar-refractivity contribution < 1.29 is 0 Å². The molecule has 168 valence electrons. The van der Waals surface area contributed by atoms with Gasteiger partial charge in [-0.2, -0.15) is 0 Å². The van der Waals surface area contributed by atoms with Crippen LogP contribution < -0.4 is 0 Å². The van der Waals surface area contributed by atoms with Gasteiger partial charge in [0.2, 0.25) is 0 Å². The van der Waals surface area contributed by atoms with Crippen LogP contribution in [0.25, 0.3) is 66.1 Å². The van der Waals surface area contributed by atoms with E-state index in [1.165, 1.54) is 43.5 Å². The molecule has 36 heavy (non-hydrogen) atoms. The summed E-state index contributed by atoms with van der Waals surface area (Å²) < 4.78 is 4.67. The summed E-state index contributed by atoms with van der Waals surface area (Å²) in [5, 5.41) is 6.17. The maximum atomic E-state index is 4.92. The molecular weight excluding hydrogens is 438 g/mol. The summed E-state index contributed by atoms with van der Waals surface area (Å²) in [7, 11) is 0. The predicted molar refractivity (Wildman–Crippen MR) is 150 cm³/mol. The second-order valence-electron chi connectivity index (χ2n) is 9.29. The van der Waals surface area contributed by atoms with Crippen molar-refractivity contribution in [1.82, 2.24) is 14.0 Å². The number of rotatable bonds is 2. The molecule has 0 amide bonds. The summed E-state index contributed by atoms with van der Waals surface area (Å²) >= 11 is 0. The van der Waals surface area contributed by atoms with E-state index in [9.17, 15) is 0 Å². The minimum absolute atomic E-state index is 0.988. The van der Waals surface area contributed by atoms with Crippen molar-refractivity contribution in [3.63, 3.8) is 0 Å². The average molecular weight is 460 g/mol. The van der Waals surface area contributed by atoms with Gasteiger partial charge in [-0.15, -0.1) is 0 Å². The standard InChI is InChI=1S/C33H21N3/c1-2-16-28-24(12-1)25-13-3-8-19-31(25)36-32(21-34-33(28)36)22-10-9-11-23(20-22)35-29-17-6-4-14-26(29)27-15-5-7-18-30(27)35/h1-21H. The molecule has 0 unspecified atom stereocenters. The number of nitrogens with zero attached hydrogens (tertiary/aromatic N) is 3. The smallest absolute Gasteiger partial charge is 0.145 e. The maximum absolute atomic E-state index is 4.92. The topological polar surface area (TPSA) is 22.2 Å². The number of hydrogen-bond acceptors (Lipinski definition) is 1. The van der Waals surface area contributed by atoms with E-state index in [1.807, 2.05) is 6.20 Å². The monoisotopic (exact) mass is 459 g/mol. The van der Waals surface area contributed by atoms with Gasteiger partial charge in [0.25, 0.3) is 0 Å².